The van der Waals surface area contributed by atoms with Crippen molar-refractivity contribution in [3.05, 3.63) is 42.4 Å². The van der Waals surface area contributed by atoms with Crippen molar-refractivity contribution >= 4 is 11.8 Å². The molecule has 5 nitrogen and oxygen atoms in total. The lowest BCUT2D eigenvalue weighted by atomic mass is 10.3. The smallest absolute Gasteiger partial charge is 0.224 e. The summed E-state index contributed by atoms with van der Waals surface area (Å²) in [7, 11) is 1.79. The van der Waals surface area contributed by atoms with Crippen LogP contribution in [0.5, 0.6) is 0 Å². The van der Waals surface area contributed by atoms with Gasteiger partial charge in [-0.25, -0.2) is 4.98 Å². The Morgan fingerprint density at radius 1 is 1.12 bits per heavy atom. The Labute approximate surface area is 94.0 Å². The summed E-state index contributed by atoms with van der Waals surface area (Å²) >= 11 is 0. The second kappa shape index (κ2) is 5.06. The van der Waals surface area contributed by atoms with Crippen LogP contribution < -0.4 is 10.6 Å². The molecule has 2 aromatic heterocycles. The lowest BCUT2D eigenvalue weighted by Gasteiger charge is -2.05. The van der Waals surface area contributed by atoms with Gasteiger partial charge in [-0.3, -0.25) is 4.98 Å². The molecule has 0 aromatic carbocycles. The van der Waals surface area contributed by atoms with Crippen LogP contribution in [0.15, 0.2) is 36.7 Å². The van der Waals surface area contributed by atoms with E-state index in [0.29, 0.717) is 12.5 Å². The van der Waals surface area contributed by atoms with Crippen molar-refractivity contribution in [3.8, 4) is 0 Å². The first-order valence-corrected chi connectivity index (χ1v) is 5.03. The van der Waals surface area contributed by atoms with Crippen molar-refractivity contribution in [2.24, 2.45) is 0 Å². The molecule has 16 heavy (non-hydrogen) atoms. The molecular formula is C11H13N5. The third-order valence-corrected chi connectivity index (χ3v) is 2.06. The van der Waals surface area contributed by atoms with Gasteiger partial charge in [0.1, 0.15) is 5.82 Å². The van der Waals surface area contributed by atoms with Crippen molar-refractivity contribution in [2.45, 2.75) is 6.54 Å². The summed E-state index contributed by atoms with van der Waals surface area (Å²) in [5.74, 6) is 1.39. The van der Waals surface area contributed by atoms with Crippen molar-refractivity contribution in [1.82, 2.24) is 15.0 Å². The van der Waals surface area contributed by atoms with Crippen LogP contribution in [0, 0.1) is 0 Å². The monoisotopic (exact) mass is 215 g/mol. The van der Waals surface area contributed by atoms with Crippen molar-refractivity contribution in [2.75, 3.05) is 17.7 Å². The largest absolute Gasteiger partial charge is 0.364 e. The van der Waals surface area contributed by atoms with Crippen LogP contribution in [0.2, 0.25) is 0 Å². The van der Waals surface area contributed by atoms with Crippen molar-refractivity contribution < 1.29 is 0 Å². The third-order valence-electron chi connectivity index (χ3n) is 2.06. The number of anilines is 2. The molecule has 0 aliphatic heterocycles. The molecule has 0 radical (unpaired) electrons. The molecule has 2 aromatic rings. The number of rotatable bonds is 4. The molecule has 5 heteroatoms. The molecule has 0 saturated carbocycles. The van der Waals surface area contributed by atoms with Gasteiger partial charge in [0.15, 0.2) is 0 Å². The summed E-state index contributed by atoms with van der Waals surface area (Å²) in [4.78, 5) is 12.5. The van der Waals surface area contributed by atoms with Gasteiger partial charge < -0.3 is 10.6 Å². The van der Waals surface area contributed by atoms with Crippen molar-refractivity contribution in [3.63, 3.8) is 0 Å². The zero-order chi connectivity index (χ0) is 11.2. The van der Waals surface area contributed by atoms with E-state index in [0.717, 1.165) is 11.5 Å². The molecule has 0 aliphatic rings. The fourth-order valence-corrected chi connectivity index (χ4v) is 1.26. The molecule has 0 saturated heterocycles. The quantitative estimate of drug-likeness (QED) is 0.809. The highest BCUT2D eigenvalue weighted by molar-refractivity contribution is 5.39. The fourth-order valence-electron chi connectivity index (χ4n) is 1.26. The van der Waals surface area contributed by atoms with Crippen LogP contribution >= 0.6 is 0 Å². The minimum Gasteiger partial charge on any atom is -0.364 e. The first-order chi connectivity index (χ1) is 7.88. The van der Waals surface area contributed by atoms with E-state index < -0.39 is 0 Å². The molecule has 0 spiro atoms. The topological polar surface area (TPSA) is 62.7 Å². The summed E-state index contributed by atoms with van der Waals surface area (Å²) in [6, 6.07) is 7.65. The number of aromatic nitrogens is 3. The Kier molecular flexibility index (Phi) is 3.28. The van der Waals surface area contributed by atoms with Gasteiger partial charge in [-0.15, -0.1) is 0 Å². The van der Waals surface area contributed by atoms with Crippen molar-refractivity contribution in [1.29, 1.82) is 0 Å². The zero-order valence-electron chi connectivity index (χ0n) is 9.01. The highest BCUT2D eigenvalue weighted by Crippen LogP contribution is 2.06. The summed E-state index contributed by atoms with van der Waals surface area (Å²) in [6.07, 6.45) is 3.48. The minimum atomic E-state index is 0.603. The van der Waals surface area contributed by atoms with Gasteiger partial charge in [0, 0.05) is 19.4 Å². The lowest BCUT2D eigenvalue weighted by molar-refractivity contribution is 1.02. The van der Waals surface area contributed by atoms with E-state index in [1.165, 1.54) is 0 Å². The average molecular weight is 215 g/mol. The summed E-state index contributed by atoms with van der Waals surface area (Å²) < 4.78 is 0. The Morgan fingerprint density at radius 3 is 2.81 bits per heavy atom. The number of nitrogens with zero attached hydrogens (tertiary/aromatic N) is 3. The molecule has 2 rings (SSSR count). The first-order valence-electron chi connectivity index (χ1n) is 5.03. The first kappa shape index (κ1) is 10.4. The van der Waals surface area contributed by atoms with Crippen LogP contribution in [0.4, 0.5) is 11.8 Å². The van der Waals surface area contributed by atoms with Crippen LogP contribution in [0.3, 0.4) is 0 Å². The number of hydrogen-bond acceptors (Lipinski definition) is 5. The van der Waals surface area contributed by atoms with Gasteiger partial charge in [0.2, 0.25) is 5.95 Å². The predicted octanol–water partition coefficient (Wildman–Crippen LogP) is 1.53. The van der Waals surface area contributed by atoms with E-state index in [2.05, 4.69) is 25.6 Å². The maximum Gasteiger partial charge on any atom is 0.224 e. The second-order valence-electron chi connectivity index (χ2n) is 3.19. The maximum atomic E-state index is 4.25. The molecule has 2 N–H and O–H groups in total. The second-order valence-corrected chi connectivity index (χ2v) is 3.19. The van der Waals surface area contributed by atoms with Gasteiger partial charge in [-0.1, -0.05) is 6.07 Å². The summed E-state index contributed by atoms with van der Waals surface area (Å²) in [6.45, 7) is 0.654. The Balaban J connectivity index is 1.99. The van der Waals surface area contributed by atoms with Gasteiger partial charge in [-0.2, -0.15) is 4.98 Å². The Morgan fingerprint density at radius 2 is 2.06 bits per heavy atom. The summed E-state index contributed by atoms with van der Waals surface area (Å²) in [5, 5.41) is 6.07. The normalized spacial score (nSPS) is 9.81. The summed E-state index contributed by atoms with van der Waals surface area (Å²) in [5.41, 5.74) is 0.979. The molecule has 2 heterocycles. The predicted molar refractivity (Wildman–Crippen MR) is 63.1 cm³/mol. The fraction of sp³-hybridized carbons (Fsp3) is 0.182. The van der Waals surface area contributed by atoms with Crippen LogP contribution in [-0.2, 0) is 6.54 Å². The lowest BCUT2D eigenvalue weighted by Crippen LogP contribution is -2.04. The highest BCUT2D eigenvalue weighted by atomic mass is 15.1. The molecule has 82 valence electrons. The molecule has 0 amide bonds. The van der Waals surface area contributed by atoms with E-state index in [1.54, 1.807) is 19.4 Å². The van der Waals surface area contributed by atoms with Crippen LogP contribution in [-0.4, -0.2) is 22.0 Å². The molecule has 0 bridgehead atoms. The van der Waals surface area contributed by atoms with Gasteiger partial charge in [0.05, 0.1) is 12.2 Å². The molecule has 0 fully saturated rings. The Hall–Kier alpha value is -2.17. The molecule has 0 aliphatic carbocycles. The zero-order valence-corrected chi connectivity index (χ0v) is 9.01. The average Bonchev–Trinajstić information content (AvgIpc) is 2.38. The van der Waals surface area contributed by atoms with Gasteiger partial charge in [-0.05, 0) is 18.2 Å². The molecule has 0 atom stereocenters. The van der Waals surface area contributed by atoms with Gasteiger partial charge >= 0.3 is 0 Å². The SMILES string of the molecule is CNc1nccc(NCc2ccccn2)n1. The van der Waals surface area contributed by atoms with Gasteiger partial charge in [0.25, 0.3) is 0 Å². The molecule has 0 unspecified atom stereocenters. The number of nitrogens with one attached hydrogen (secondary N) is 2. The van der Waals surface area contributed by atoms with E-state index in [9.17, 15) is 0 Å². The highest BCUT2D eigenvalue weighted by Gasteiger charge is 1.97. The van der Waals surface area contributed by atoms with E-state index in [1.807, 2.05) is 24.3 Å². The van der Waals surface area contributed by atoms with Crippen LogP contribution in [0.1, 0.15) is 5.69 Å². The Bertz CT molecular complexity index is 443. The number of hydrogen-bond donors (Lipinski definition) is 2. The van der Waals surface area contributed by atoms with Crippen LogP contribution in [0.25, 0.3) is 0 Å². The number of pyridine rings is 1. The van der Waals surface area contributed by atoms with E-state index in [4.69, 9.17) is 0 Å². The third kappa shape index (κ3) is 2.66. The minimum absolute atomic E-state index is 0.603. The maximum absolute atomic E-state index is 4.25. The molecular weight excluding hydrogens is 202 g/mol. The van der Waals surface area contributed by atoms with E-state index in [-0.39, 0.29) is 0 Å². The van der Waals surface area contributed by atoms with E-state index >= 15 is 0 Å². The standard InChI is InChI=1S/C11H13N5/c1-12-11-14-7-5-10(16-11)15-8-9-4-2-3-6-13-9/h2-7H,8H2,1H3,(H2,12,14,15,16).